The quantitative estimate of drug-likeness (QED) is 0.719. The fraction of sp³-hybridized carbons (Fsp3) is 0.188. The van der Waals surface area contributed by atoms with Gasteiger partial charge >= 0.3 is 0 Å². The Bertz CT molecular complexity index is 628. The van der Waals surface area contributed by atoms with Gasteiger partial charge in [-0.3, -0.25) is 4.79 Å². The largest absolute Gasteiger partial charge is 0.298 e. The summed E-state index contributed by atoms with van der Waals surface area (Å²) in [6, 6.07) is 12.8. The molecule has 0 aliphatic heterocycles. The van der Waals surface area contributed by atoms with E-state index in [4.69, 9.17) is 0 Å². The normalized spacial score (nSPS) is 10.6. The van der Waals surface area contributed by atoms with E-state index in [9.17, 15) is 9.18 Å². The number of aryl methyl sites for hydroxylation is 1. The summed E-state index contributed by atoms with van der Waals surface area (Å²) in [6.07, 6.45) is 0.331. The van der Waals surface area contributed by atoms with E-state index in [1.165, 1.54) is 23.4 Å². The Labute approximate surface area is 130 Å². The van der Waals surface area contributed by atoms with Gasteiger partial charge in [0.2, 0.25) is 0 Å². The molecule has 0 heterocycles. The highest BCUT2D eigenvalue weighted by Crippen LogP contribution is 2.21. The van der Waals surface area contributed by atoms with Gasteiger partial charge in [-0.25, -0.2) is 4.39 Å². The third-order valence-electron chi connectivity index (χ3n) is 2.77. The monoisotopic (exact) mass is 352 g/mol. The SMILES string of the molecule is Cc1cccc(SCC(=O)Cc2ccc(F)c(Br)c2)c1. The second-order valence-corrected chi connectivity index (χ2v) is 6.47. The van der Waals surface area contributed by atoms with Crippen molar-refractivity contribution in [2.45, 2.75) is 18.2 Å². The van der Waals surface area contributed by atoms with E-state index < -0.39 is 0 Å². The Morgan fingerprint density at radius 3 is 2.75 bits per heavy atom. The molecule has 0 bridgehead atoms. The van der Waals surface area contributed by atoms with Crippen LogP contribution in [-0.2, 0) is 11.2 Å². The lowest BCUT2D eigenvalue weighted by Gasteiger charge is -2.04. The van der Waals surface area contributed by atoms with Crippen molar-refractivity contribution in [1.29, 1.82) is 0 Å². The van der Waals surface area contributed by atoms with Crippen LogP contribution in [0.15, 0.2) is 51.8 Å². The lowest BCUT2D eigenvalue weighted by molar-refractivity contribution is -0.116. The molecule has 2 aromatic carbocycles. The number of ketones is 1. The lowest BCUT2D eigenvalue weighted by atomic mass is 10.1. The van der Waals surface area contributed by atoms with E-state index >= 15 is 0 Å². The maximum absolute atomic E-state index is 13.1. The molecule has 0 N–H and O–H groups in total. The second-order valence-electron chi connectivity index (χ2n) is 4.57. The maximum Gasteiger partial charge on any atom is 0.147 e. The Morgan fingerprint density at radius 1 is 1.25 bits per heavy atom. The average Bonchev–Trinajstić information content (AvgIpc) is 2.41. The molecular formula is C16H14BrFOS. The van der Waals surface area contributed by atoms with Gasteiger partial charge in [-0.1, -0.05) is 23.8 Å². The first-order valence-corrected chi connectivity index (χ1v) is 7.97. The Hall–Kier alpha value is -1.13. The molecule has 4 heteroatoms. The molecule has 0 saturated heterocycles. The summed E-state index contributed by atoms with van der Waals surface area (Å²) < 4.78 is 13.5. The van der Waals surface area contributed by atoms with Crippen molar-refractivity contribution in [2.75, 3.05) is 5.75 Å². The van der Waals surface area contributed by atoms with E-state index in [2.05, 4.69) is 22.0 Å². The molecule has 1 nitrogen and oxygen atoms in total. The van der Waals surface area contributed by atoms with Gasteiger partial charge in [0.25, 0.3) is 0 Å². The molecule has 0 unspecified atom stereocenters. The maximum atomic E-state index is 13.1. The first kappa shape index (κ1) is 15.3. The van der Waals surface area contributed by atoms with Crippen molar-refractivity contribution in [3.63, 3.8) is 0 Å². The van der Waals surface area contributed by atoms with Crippen LogP contribution in [0.5, 0.6) is 0 Å². The number of benzene rings is 2. The molecule has 2 rings (SSSR count). The molecule has 0 fully saturated rings. The number of carbonyl (C=O) groups excluding carboxylic acids is 1. The number of rotatable bonds is 5. The Morgan fingerprint density at radius 2 is 2.05 bits per heavy atom. The minimum Gasteiger partial charge on any atom is -0.298 e. The summed E-state index contributed by atoms with van der Waals surface area (Å²) in [5.74, 6) is 0.253. The molecule has 0 saturated carbocycles. The minimum atomic E-state index is -0.310. The van der Waals surface area contributed by atoms with E-state index in [0.29, 0.717) is 16.6 Å². The zero-order chi connectivity index (χ0) is 14.5. The van der Waals surface area contributed by atoms with Crippen molar-refractivity contribution in [1.82, 2.24) is 0 Å². The van der Waals surface area contributed by atoms with E-state index in [0.717, 1.165) is 10.5 Å². The lowest BCUT2D eigenvalue weighted by Crippen LogP contribution is -2.05. The molecule has 104 valence electrons. The topological polar surface area (TPSA) is 17.1 Å². The molecule has 0 amide bonds. The van der Waals surface area contributed by atoms with Crippen molar-refractivity contribution >= 4 is 33.5 Å². The molecule has 0 spiro atoms. The van der Waals surface area contributed by atoms with Crippen LogP contribution in [-0.4, -0.2) is 11.5 Å². The van der Waals surface area contributed by atoms with Gasteiger partial charge in [-0.2, -0.15) is 0 Å². The standard InChI is InChI=1S/C16H14BrFOS/c1-11-3-2-4-14(7-11)20-10-13(19)8-12-5-6-16(18)15(17)9-12/h2-7,9H,8,10H2,1H3. The van der Waals surface area contributed by atoms with Crippen molar-refractivity contribution in [2.24, 2.45) is 0 Å². The number of halogens is 2. The molecule has 0 aliphatic carbocycles. The molecule has 20 heavy (non-hydrogen) atoms. The number of hydrogen-bond acceptors (Lipinski definition) is 2. The summed E-state index contributed by atoms with van der Waals surface area (Å²) in [5, 5.41) is 0. The number of carbonyl (C=O) groups is 1. The smallest absolute Gasteiger partial charge is 0.147 e. The van der Waals surface area contributed by atoms with Crippen LogP contribution in [0.25, 0.3) is 0 Å². The zero-order valence-corrected chi connectivity index (χ0v) is 13.4. The summed E-state index contributed by atoms with van der Waals surface area (Å²) in [5.41, 5.74) is 2.01. The molecule has 0 radical (unpaired) electrons. The summed E-state index contributed by atoms with van der Waals surface area (Å²) in [6.45, 7) is 2.03. The highest BCUT2D eigenvalue weighted by Gasteiger charge is 2.07. The van der Waals surface area contributed by atoms with Gasteiger partial charge in [-0.05, 0) is 52.7 Å². The van der Waals surface area contributed by atoms with Crippen LogP contribution in [0.4, 0.5) is 4.39 Å². The second kappa shape index (κ2) is 7.04. The Kier molecular flexibility index (Phi) is 5.38. The van der Waals surface area contributed by atoms with Crippen molar-refractivity contribution in [3.8, 4) is 0 Å². The fourth-order valence-corrected chi connectivity index (χ4v) is 3.10. The van der Waals surface area contributed by atoms with Gasteiger partial charge in [-0.15, -0.1) is 11.8 Å². The van der Waals surface area contributed by atoms with Gasteiger partial charge in [0.15, 0.2) is 0 Å². The first-order valence-electron chi connectivity index (χ1n) is 6.19. The zero-order valence-electron chi connectivity index (χ0n) is 11.0. The van der Waals surface area contributed by atoms with E-state index in [-0.39, 0.29) is 11.6 Å². The summed E-state index contributed by atoms with van der Waals surface area (Å²) in [7, 11) is 0. The van der Waals surface area contributed by atoms with Gasteiger partial charge in [0, 0.05) is 11.3 Å². The van der Waals surface area contributed by atoms with E-state index in [1.807, 2.05) is 25.1 Å². The number of Topliss-reactive ketones (excluding diaryl/α,β-unsaturated/α-hetero) is 1. The molecule has 0 atom stereocenters. The highest BCUT2D eigenvalue weighted by molar-refractivity contribution is 9.10. The van der Waals surface area contributed by atoms with Crippen LogP contribution in [0.2, 0.25) is 0 Å². The van der Waals surface area contributed by atoms with Crippen LogP contribution in [0, 0.1) is 12.7 Å². The van der Waals surface area contributed by atoms with Gasteiger partial charge in [0.1, 0.15) is 11.6 Å². The van der Waals surface area contributed by atoms with Crippen LogP contribution in [0.1, 0.15) is 11.1 Å². The van der Waals surface area contributed by atoms with Crippen LogP contribution >= 0.6 is 27.7 Å². The predicted molar refractivity (Wildman–Crippen MR) is 84.7 cm³/mol. The van der Waals surface area contributed by atoms with Crippen molar-refractivity contribution in [3.05, 3.63) is 63.9 Å². The predicted octanol–water partition coefficient (Wildman–Crippen LogP) is 4.80. The molecule has 0 aromatic heterocycles. The van der Waals surface area contributed by atoms with Gasteiger partial charge in [0.05, 0.1) is 10.2 Å². The number of thioether (sulfide) groups is 1. The third kappa shape index (κ3) is 4.46. The molecule has 0 aliphatic rings. The number of hydrogen-bond donors (Lipinski definition) is 0. The fourth-order valence-electron chi connectivity index (χ4n) is 1.80. The average molecular weight is 353 g/mol. The summed E-state index contributed by atoms with van der Waals surface area (Å²) >= 11 is 4.66. The summed E-state index contributed by atoms with van der Waals surface area (Å²) in [4.78, 5) is 13.0. The van der Waals surface area contributed by atoms with E-state index in [1.54, 1.807) is 12.1 Å². The van der Waals surface area contributed by atoms with Crippen LogP contribution in [0.3, 0.4) is 0 Å². The van der Waals surface area contributed by atoms with Crippen LogP contribution < -0.4 is 0 Å². The van der Waals surface area contributed by atoms with Crippen molar-refractivity contribution < 1.29 is 9.18 Å². The Balaban J connectivity index is 1.91. The molecule has 2 aromatic rings. The highest BCUT2D eigenvalue weighted by atomic mass is 79.9. The molecular weight excluding hydrogens is 339 g/mol. The first-order chi connectivity index (χ1) is 9.54. The third-order valence-corrected chi connectivity index (χ3v) is 4.44. The van der Waals surface area contributed by atoms with Gasteiger partial charge < -0.3 is 0 Å². The minimum absolute atomic E-state index is 0.134.